The molecule has 76 valence electrons. The summed E-state index contributed by atoms with van der Waals surface area (Å²) in [5, 5.41) is 0. The molecule has 1 nitrogen and oxygen atoms in total. The van der Waals surface area contributed by atoms with E-state index in [2.05, 4.69) is 33.9 Å². The van der Waals surface area contributed by atoms with Gasteiger partial charge in [-0.05, 0) is 30.9 Å². The van der Waals surface area contributed by atoms with Crippen molar-refractivity contribution in [3.63, 3.8) is 0 Å². The van der Waals surface area contributed by atoms with Crippen LogP contribution < -0.4 is 0 Å². The molecule has 0 saturated heterocycles. The normalized spacial score (nSPS) is 18.1. The number of aryl methyl sites for hydroxylation is 1. The SMILES string of the molecule is Cc1cccnc1CC(Br)CC1CC1. The molecule has 1 saturated carbocycles. The highest BCUT2D eigenvalue weighted by Crippen LogP contribution is 2.36. The van der Waals surface area contributed by atoms with E-state index < -0.39 is 0 Å². The highest BCUT2D eigenvalue weighted by Gasteiger charge is 2.24. The summed E-state index contributed by atoms with van der Waals surface area (Å²) in [5.74, 6) is 0.989. The number of pyridine rings is 1. The molecule has 0 amide bonds. The zero-order valence-electron chi connectivity index (χ0n) is 8.54. The molecule has 14 heavy (non-hydrogen) atoms. The smallest absolute Gasteiger partial charge is 0.0443 e. The molecule has 2 heteroatoms. The van der Waals surface area contributed by atoms with Crippen LogP contribution in [-0.2, 0) is 6.42 Å². The topological polar surface area (TPSA) is 12.9 Å². The molecule has 0 aromatic carbocycles. The first-order chi connectivity index (χ1) is 6.75. The number of nitrogens with zero attached hydrogens (tertiary/aromatic N) is 1. The fraction of sp³-hybridized carbons (Fsp3) is 0.583. The maximum atomic E-state index is 4.42. The monoisotopic (exact) mass is 253 g/mol. The number of hydrogen-bond donors (Lipinski definition) is 0. The van der Waals surface area contributed by atoms with Gasteiger partial charge in [-0.15, -0.1) is 0 Å². The summed E-state index contributed by atoms with van der Waals surface area (Å²) in [5.41, 5.74) is 2.56. The second kappa shape index (κ2) is 4.43. The molecule has 0 spiro atoms. The molecule has 1 aromatic heterocycles. The van der Waals surface area contributed by atoms with Crippen LogP contribution >= 0.6 is 15.9 Å². The lowest BCUT2D eigenvalue weighted by atomic mass is 10.1. The van der Waals surface area contributed by atoms with Gasteiger partial charge in [-0.1, -0.05) is 34.8 Å². The Bertz CT molecular complexity index is 307. The van der Waals surface area contributed by atoms with E-state index >= 15 is 0 Å². The van der Waals surface area contributed by atoms with Gasteiger partial charge in [0.05, 0.1) is 0 Å². The van der Waals surface area contributed by atoms with Crippen LogP contribution in [0.2, 0.25) is 0 Å². The number of rotatable bonds is 4. The Balaban J connectivity index is 1.91. The molecule has 1 heterocycles. The lowest BCUT2D eigenvalue weighted by Gasteiger charge is -2.09. The fourth-order valence-electron chi connectivity index (χ4n) is 1.74. The van der Waals surface area contributed by atoms with E-state index in [4.69, 9.17) is 0 Å². The average Bonchev–Trinajstić information content (AvgIpc) is 2.93. The van der Waals surface area contributed by atoms with Crippen LogP contribution in [0.1, 0.15) is 30.5 Å². The summed E-state index contributed by atoms with van der Waals surface area (Å²) < 4.78 is 0. The summed E-state index contributed by atoms with van der Waals surface area (Å²) in [6.07, 6.45) is 7.14. The minimum absolute atomic E-state index is 0.614. The first kappa shape index (κ1) is 10.2. The molecule has 0 bridgehead atoms. The Morgan fingerprint density at radius 3 is 3.00 bits per heavy atom. The molecule has 1 aromatic rings. The Morgan fingerprint density at radius 1 is 1.57 bits per heavy atom. The van der Waals surface area contributed by atoms with Gasteiger partial charge in [-0.2, -0.15) is 0 Å². The maximum absolute atomic E-state index is 4.42. The second-order valence-corrected chi connectivity index (χ2v) is 5.54. The molecular weight excluding hydrogens is 238 g/mol. The average molecular weight is 254 g/mol. The molecule has 0 radical (unpaired) electrons. The fourth-order valence-corrected chi connectivity index (χ4v) is 2.58. The minimum atomic E-state index is 0.614. The Morgan fingerprint density at radius 2 is 2.36 bits per heavy atom. The van der Waals surface area contributed by atoms with Crippen molar-refractivity contribution in [3.8, 4) is 0 Å². The van der Waals surface area contributed by atoms with Crippen molar-refractivity contribution in [3.05, 3.63) is 29.6 Å². The van der Waals surface area contributed by atoms with Crippen molar-refractivity contribution in [1.82, 2.24) is 4.98 Å². The van der Waals surface area contributed by atoms with Crippen molar-refractivity contribution in [2.75, 3.05) is 0 Å². The third kappa shape index (κ3) is 2.81. The van der Waals surface area contributed by atoms with E-state index in [1.54, 1.807) is 0 Å². The summed E-state index contributed by atoms with van der Waals surface area (Å²) in [6, 6.07) is 4.14. The van der Waals surface area contributed by atoms with E-state index in [0.717, 1.165) is 12.3 Å². The van der Waals surface area contributed by atoms with Crippen molar-refractivity contribution in [2.24, 2.45) is 5.92 Å². The van der Waals surface area contributed by atoms with Crippen molar-refractivity contribution in [1.29, 1.82) is 0 Å². The largest absolute Gasteiger partial charge is 0.261 e. The number of halogens is 1. The Kier molecular flexibility index (Phi) is 3.22. The van der Waals surface area contributed by atoms with Crippen LogP contribution in [0.4, 0.5) is 0 Å². The molecule has 0 aliphatic heterocycles. The van der Waals surface area contributed by atoms with Crippen LogP contribution in [0.3, 0.4) is 0 Å². The molecule has 1 unspecified atom stereocenters. The quantitative estimate of drug-likeness (QED) is 0.749. The van der Waals surface area contributed by atoms with Gasteiger partial charge < -0.3 is 0 Å². The summed E-state index contributed by atoms with van der Waals surface area (Å²) in [7, 11) is 0. The van der Waals surface area contributed by atoms with E-state index in [0.29, 0.717) is 4.83 Å². The highest BCUT2D eigenvalue weighted by molar-refractivity contribution is 9.09. The van der Waals surface area contributed by atoms with E-state index in [1.165, 1.54) is 30.5 Å². The third-order valence-corrected chi connectivity index (χ3v) is 3.52. The zero-order valence-corrected chi connectivity index (χ0v) is 10.1. The molecular formula is C12H16BrN. The van der Waals surface area contributed by atoms with Gasteiger partial charge in [0.15, 0.2) is 0 Å². The van der Waals surface area contributed by atoms with Gasteiger partial charge in [0.25, 0.3) is 0 Å². The van der Waals surface area contributed by atoms with Crippen molar-refractivity contribution in [2.45, 2.75) is 37.4 Å². The first-order valence-corrected chi connectivity index (χ1v) is 6.22. The Labute approximate surface area is 94.1 Å². The van der Waals surface area contributed by atoms with Crippen LogP contribution in [0.15, 0.2) is 18.3 Å². The van der Waals surface area contributed by atoms with Gasteiger partial charge in [0.1, 0.15) is 0 Å². The molecule has 1 fully saturated rings. The standard InChI is InChI=1S/C12H16BrN/c1-9-3-2-6-14-12(9)8-11(13)7-10-4-5-10/h2-3,6,10-11H,4-5,7-8H2,1H3. The van der Waals surface area contributed by atoms with Crippen molar-refractivity contribution < 1.29 is 0 Å². The van der Waals surface area contributed by atoms with E-state index in [-0.39, 0.29) is 0 Å². The minimum Gasteiger partial charge on any atom is -0.261 e. The lowest BCUT2D eigenvalue weighted by Crippen LogP contribution is -2.06. The molecule has 2 rings (SSSR count). The Hall–Kier alpha value is -0.370. The molecule has 1 aliphatic carbocycles. The maximum Gasteiger partial charge on any atom is 0.0443 e. The number of alkyl halides is 1. The summed E-state index contributed by atoms with van der Waals surface area (Å²) >= 11 is 3.75. The van der Waals surface area contributed by atoms with Crippen LogP contribution in [0, 0.1) is 12.8 Å². The van der Waals surface area contributed by atoms with Gasteiger partial charge >= 0.3 is 0 Å². The van der Waals surface area contributed by atoms with E-state index in [1.807, 2.05) is 12.3 Å². The van der Waals surface area contributed by atoms with E-state index in [9.17, 15) is 0 Å². The summed E-state index contributed by atoms with van der Waals surface area (Å²) in [6.45, 7) is 2.14. The number of hydrogen-bond acceptors (Lipinski definition) is 1. The number of aromatic nitrogens is 1. The molecule has 1 aliphatic rings. The van der Waals surface area contributed by atoms with Crippen molar-refractivity contribution >= 4 is 15.9 Å². The van der Waals surface area contributed by atoms with Crippen LogP contribution in [0.5, 0.6) is 0 Å². The van der Waals surface area contributed by atoms with Crippen LogP contribution in [-0.4, -0.2) is 9.81 Å². The van der Waals surface area contributed by atoms with Gasteiger partial charge in [0, 0.05) is 23.1 Å². The van der Waals surface area contributed by atoms with Gasteiger partial charge in [-0.25, -0.2) is 0 Å². The molecule has 0 N–H and O–H groups in total. The predicted octanol–water partition coefficient (Wildman–Crippen LogP) is 3.50. The lowest BCUT2D eigenvalue weighted by molar-refractivity contribution is 0.681. The zero-order chi connectivity index (χ0) is 9.97. The predicted molar refractivity (Wildman–Crippen MR) is 62.7 cm³/mol. The highest BCUT2D eigenvalue weighted by atomic mass is 79.9. The third-order valence-electron chi connectivity index (χ3n) is 2.82. The summed E-state index contributed by atoms with van der Waals surface area (Å²) in [4.78, 5) is 5.03. The van der Waals surface area contributed by atoms with Gasteiger partial charge in [0.2, 0.25) is 0 Å². The first-order valence-electron chi connectivity index (χ1n) is 5.30. The van der Waals surface area contributed by atoms with Gasteiger partial charge in [-0.3, -0.25) is 4.98 Å². The second-order valence-electron chi connectivity index (χ2n) is 4.25. The molecule has 1 atom stereocenters. The van der Waals surface area contributed by atoms with Crippen LogP contribution in [0.25, 0.3) is 0 Å².